The number of carbonyl (C=O) groups is 1. The Morgan fingerprint density at radius 3 is 2.68 bits per heavy atom. The van der Waals surface area contributed by atoms with Crippen LogP contribution in [0.25, 0.3) is 22.6 Å². The van der Waals surface area contributed by atoms with E-state index in [1.807, 2.05) is 12.1 Å². The van der Waals surface area contributed by atoms with Gasteiger partial charge in [-0.2, -0.15) is 0 Å². The SMILES string of the molecule is O=C(Nc1cccc(Cl)c1)c1ccc2oc(-c3ccncc3)nc2c1. The van der Waals surface area contributed by atoms with E-state index in [1.54, 1.807) is 54.9 Å². The van der Waals surface area contributed by atoms with E-state index in [9.17, 15) is 4.79 Å². The van der Waals surface area contributed by atoms with Crippen LogP contribution in [-0.2, 0) is 0 Å². The lowest BCUT2D eigenvalue weighted by Crippen LogP contribution is -2.11. The van der Waals surface area contributed by atoms with Crippen molar-refractivity contribution >= 4 is 34.3 Å². The molecule has 1 amide bonds. The maximum atomic E-state index is 12.4. The molecule has 25 heavy (non-hydrogen) atoms. The number of carbonyl (C=O) groups excluding carboxylic acids is 1. The molecule has 0 aliphatic rings. The van der Waals surface area contributed by atoms with E-state index in [0.717, 1.165) is 5.56 Å². The zero-order chi connectivity index (χ0) is 17.2. The smallest absolute Gasteiger partial charge is 0.255 e. The van der Waals surface area contributed by atoms with Gasteiger partial charge in [0.2, 0.25) is 5.89 Å². The average molecular weight is 350 g/mol. The molecule has 122 valence electrons. The van der Waals surface area contributed by atoms with Gasteiger partial charge in [0.05, 0.1) is 0 Å². The summed E-state index contributed by atoms with van der Waals surface area (Å²) in [6.45, 7) is 0. The second-order valence-corrected chi connectivity index (χ2v) is 5.84. The lowest BCUT2D eigenvalue weighted by Gasteiger charge is -2.05. The third-order valence-corrected chi connectivity index (χ3v) is 3.89. The third-order valence-electron chi connectivity index (χ3n) is 3.66. The molecule has 6 heteroatoms. The van der Waals surface area contributed by atoms with Crippen molar-refractivity contribution in [1.29, 1.82) is 0 Å². The predicted octanol–water partition coefficient (Wildman–Crippen LogP) is 4.80. The molecule has 0 saturated heterocycles. The zero-order valence-electron chi connectivity index (χ0n) is 12.9. The number of nitrogens with one attached hydrogen (secondary N) is 1. The first kappa shape index (κ1) is 15.4. The van der Waals surface area contributed by atoms with E-state index in [2.05, 4.69) is 15.3 Å². The van der Waals surface area contributed by atoms with E-state index in [-0.39, 0.29) is 5.91 Å². The largest absolute Gasteiger partial charge is 0.436 e. The number of fused-ring (bicyclic) bond motifs is 1. The molecular formula is C19H12ClN3O2. The van der Waals surface area contributed by atoms with Crippen molar-refractivity contribution in [2.24, 2.45) is 0 Å². The van der Waals surface area contributed by atoms with Crippen LogP contribution in [0.15, 0.2) is 71.4 Å². The number of benzene rings is 2. The molecule has 1 N–H and O–H groups in total. The Hall–Kier alpha value is -3.18. The van der Waals surface area contributed by atoms with E-state index >= 15 is 0 Å². The first-order valence-corrected chi connectivity index (χ1v) is 7.95. The lowest BCUT2D eigenvalue weighted by atomic mass is 10.2. The molecular weight excluding hydrogens is 338 g/mol. The van der Waals surface area contributed by atoms with Crippen LogP contribution in [0.3, 0.4) is 0 Å². The minimum absolute atomic E-state index is 0.238. The summed E-state index contributed by atoms with van der Waals surface area (Å²) in [5.74, 6) is 0.252. The van der Waals surface area contributed by atoms with Crippen LogP contribution in [0.2, 0.25) is 5.02 Å². The van der Waals surface area contributed by atoms with Gasteiger partial charge in [-0.3, -0.25) is 9.78 Å². The Labute approximate surface area is 148 Å². The topological polar surface area (TPSA) is 68.0 Å². The van der Waals surface area contributed by atoms with Crippen LogP contribution in [0.4, 0.5) is 5.69 Å². The molecule has 2 heterocycles. The molecule has 0 radical (unpaired) electrons. The van der Waals surface area contributed by atoms with Gasteiger partial charge < -0.3 is 9.73 Å². The van der Waals surface area contributed by atoms with Gasteiger partial charge in [-0.1, -0.05) is 17.7 Å². The Morgan fingerprint density at radius 2 is 1.88 bits per heavy atom. The van der Waals surface area contributed by atoms with Crippen LogP contribution in [0, 0.1) is 0 Å². The van der Waals surface area contributed by atoms with Crippen molar-refractivity contribution in [2.75, 3.05) is 5.32 Å². The van der Waals surface area contributed by atoms with Gasteiger partial charge in [0.1, 0.15) is 5.52 Å². The summed E-state index contributed by atoms with van der Waals surface area (Å²) < 4.78 is 5.73. The molecule has 5 nitrogen and oxygen atoms in total. The molecule has 0 fully saturated rings. The van der Waals surface area contributed by atoms with Crippen molar-refractivity contribution in [3.8, 4) is 11.5 Å². The van der Waals surface area contributed by atoms with Gasteiger partial charge in [0, 0.05) is 34.2 Å². The van der Waals surface area contributed by atoms with Crippen LogP contribution in [-0.4, -0.2) is 15.9 Å². The first-order valence-electron chi connectivity index (χ1n) is 7.57. The van der Waals surface area contributed by atoms with Crippen LogP contribution in [0.1, 0.15) is 10.4 Å². The van der Waals surface area contributed by atoms with Crippen molar-refractivity contribution in [2.45, 2.75) is 0 Å². The van der Waals surface area contributed by atoms with Crippen LogP contribution in [0.5, 0.6) is 0 Å². The molecule has 0 aliphatic carbocycles. The van der Waals surface area contributed by atoms with E-state index in [4.69, 9.17) is 16.0 Å². The number of aromatic nitrogens is 2. The van der Waals surface area contributed by atoms with Crippen molar-refractivity contribution in [1.82, 2.24) is 9.97 Å². The summed E-state index contributed by atoms with van der Waals surface area (Å²) in [7, 11) is 0. The highest BCUT2D eigenvalue weighted by molar-refractivity contribution is 6.31. The van der Waals surface area contributed by atoms with Crippen LogP contribution < -0.4 is 5.32 Å². The number of rotatable bonds is 3. The average Bonchev–Trinajstić information content (AvgIpc) is 3.06. The van der Waals surface area contributed by atoms with Crippen LogP contribution >= 0.6 is 11.6 Å². The summed E-state index contributed by atoms with van der Waals surface area (Å²) in [6.07, 6.45) is 3.35. The van der Waals surface area contributed by atoms with E-state index in [1.165, 1.54) is 0 Å². The molecule has 0 unspecified atom stereocenters. The highest BCUT2D eigenvalue weighted by Gasteiger charge is 2.12. The van der Waals surface area contributed by atoms with Gasteiger partial charge in [0.15, 0.2) is 5.58 Å². The van der Waals surface area contributed by atoms with Crippen molar-refractivity contribution in [3.63, 3.8) is 0 Å². The molecule has 0 saturated carbocycles. The monoisotopic (exact) mass is 349 g/mol. The Kier molecular flexibility index (Phi) is 3.91. The highest BCUT2D eigenvalue weighted by atomic mass is 35.5. The summed E-state index contributed by atoms with van der Waals surface area (Å²) in [6, 6.07) is 15.8. The summed E-state index contributed by atoms with van der Waals surface area (Å²) in [5, 5.41) is 3.37. The Morgan fingerprint density at radius 1 is 1.04 bits per heavy atom. The van der Waals surface area contributed by atoms with Gasteiger partial charge in [-0.05, 0) is 48.5 Å². The third kappa shape index (κ3) is 3.22. The molecule has 4 rings (SSSR count). The summed E-state index contributed by atoms with van der Waals surface area (Å²) in [4.78, 5) is 20.9. The number of hydrogen-bond acceptors (Lipinski definition) is 4. The molecule has 2 aromatic heterocycles. The standard InChI is InChI=1S/C19H12ClN3O2/c20-14-2-1-3-15(11-14)22-18(24)13-4-5-17-16(10-13)23-19(25-17)12-6-8-21-9-7-12/h1-11H,(H,22,24). The molecule has 0 aliphatic heterocycles. The number of halogens is 1. The first-order chi connectivity index (χ1) is 12.2. The molecule has 4 aromatic rings. The quantitative estimate of drug-likeness (QED) is 0.577. The minimum Gasteiger partial charge on any atom is -0.436 e. The molecule has 0 bridgehead atoms. The predicted molar refractivity (Wildman–Crippen MR) is 96.6 cm³/mol. The number of nitrogens with zero attached hydrogens (tertiary/aromatic N) is 2. The summed E-state index contributed by atoms with van der Waals surface area (Å²) >= 11 is 5.94. The van der Waals surface area contributed by atoms with Gasteiger partial charge in [0.25, 0.3) is 5.91 Å². The number of anilines is 1. The number of amides is 1. The Bertz CT molecular complexity index is 1060. The number of hydrogen-bond donors (Lipinski definition) is 1. The molecule has 2 aromatic carbocycles. The van der Waals surface area contributed by atoms with Gasteiger partial charge in [-0.25, -0.2) is 4.98 Å². The number of pyridine rings is 1. The normalized spacial score (nSPS) is 10.8. The van der Waals surface area contributed by atoms with Crippen molar-refractivity contribution in [3.05, 3.63) is 77.6 Å². The van der Waals surface area contributed by atoms with Gasteiger partial charge in [-0.15, -0.1) is 0 Å². The minimum atomic E-state index is -0.238. The molecule has 0 atom stereocenters. The second kappa shape index (κ2) is 6.37. The fourth-order valence-electron chi connectivity index (χ4n) is 2.46. The maximum absolute atomic E-state index is 12.4. The Balaban J connectivity index is 1.63. The van der Waals surface area contributed by atoms with E-state index in [0.29, 0.717) is 33.3 Å². The fraction of sp³-hybridized carbons (Fsp3) is 0. The maximum Gasteiger partial charge on any atom is 0.255 e. The lowest BCUT2D eigenvalue weighted by molar-refractivity contribution is 0.102. The van der Waals surface area contributed by atoms with Gasteiger partial charge >= 0.3 is 0 Å². The van der Waals surface area contributed by atoms with Crippen molar-refractivity contribution < 1.29 is 9.21 Å². The number of oxazole rings is 1. The summed E-state index contributed by atoms with van der Waals surface area (Å²) in [5.41, 5.74) is 3.19. The zero-order valence-corrected chi connectivity index (χ0v) is 13.7. The molecule has 0 spiro atoms. The highest BCUT2D eigenvalue weighted by Crippen LogP contribution is 2.25. The second-order valence-electron chi connectivity index (χ2n) is 5.40. The van der Waals surface area contributed by atoms with E-state index < -0.39 is 0 Å². The fourth-order valence-corrected chi connectivity index (χ4v) is 2.65.